The minimum absolute atomic E-state index is 0.572. The summed E-state index contributed by atoms with van der Waals surface area (Å²) in [6.45, 7) is 4.37. The van der Waals surface area contributed by atoms with E-state index in [9.17, 15) is 13.2 Å². The molecular formula is C25H31F3N2O. The third-order valence-electron chi connectivity index (χ3n) is 6.75. The van der Waals surface area contributed by atoms with Gasteiger partial charge < -0.3 is 9.64 Å². The molecule has 168 valence electrons. The molecule has 2 aromatic carbocycles. The first kappa shape index (κ1) is 22.0. The molecule has 2 aliphatic rings. The van der Waals surface area contributed by atoms with Gasteiger partial charge in [0.25, 0.3) is 0 Å². The molecule has 1 unspecified atom stereocenters. The van der Waals surface area contributed by atoms with Gasteiger partial charge in [-0.25, -0.2) is 0 Å². The van der Waals surface area contributed by atoms with E-state index >= 15 is 0 Å². The summed E-state index contributed by atoms with van der Waals surface area (Å²) >= 11 is 0. The highest BCUT2D eigenvalue weighted by Gasteiger charge is 2.31. The SMILES string of the molecule is COc1cccc2c1CCCC2CCCN1CCN(c2cccc(C(F)(F)F)c2)CC1. The molecule has 0 amide bonds. The Kier molecular flexibility index (Phi) is 6.75. The number of nitrogens with zero attached hydrogens (tertiary/aromatic N) is 2. The fourth-order valence-corrected chi connectivity index (χ4v) is 5.07. The van der Waals surface area contributed by atoms with Gasteiger partial charge in [-0.1, -0.05) is 18.2 Å². The van der Waals surface area contributed by atoms with Crippen LogP contribution in [0.4, 0.5) is 18.9 Å². The smallest absolute Gasteiger partial charge is 0.416 e. The van der Waals surface area contributed by atoms with Crippen LogP contribution in [0.5, 0.6) is 5.75 Å². The molecule has 0 radical (unpaired) electrons. The molecule has 3 nitrogen and oxygen atoms in total. The van der Waals surface area contributed by atoms with Crippen LogP contribution in [-0.2, 0) is 12.6 Å². The van der Waals surface area contributed by atoms with Gasteiger partial charge in [-0.3, -0.25) is 4.90 Å². The lowest BCUT2D eigenvalue weighted by Gasteiger charge is -2.36. The van der Waals surface area contributed by atoms with Crippen LogP contribution in [0.1, 0.15) is 48.3 Å². The Balaban J connectivity index is 1.27. The summed E-state index contributed by atoms with van der Waals surface area (Å²) in [5.41, 5.74) is 2.94. The molecule has 0 aromatic heterocycles. The van der Waals surface area contributed by atoms with Gasteiger partial charge in [-0.15, -0.1) is 0 Å². The number of piperazine rings is 1. The highest BCUT2D eigenvalue weighted by Crippen LogP contribution is 2.39. The Hall–Kier alpha value is -2.21. The van der Waals surface area contributed by atoms with E-state index in [0.29, 0.717) is 11.6 Å². The number of hydrogen-bond acceptors (Lipinski definition) is 3. The Morgan fingerprint density at radius 2 is 1.81 bits per heavy atom. The van der Waals surface area contributed by atoms with E-state index in [1.807, 2.05) is 0 Å². The molecule has 1 aliphatic carbocycles. The normalized spacial score (nSPS) is 19.9. The molecule has 1 atom stereocenters. The van der Waals surface area contributed by atoms with Crippen molar-refractivity contribution in [2.45, 2.75) is 44.2 Å². The highest BCUT2D eigenvalue weighted by molar-refractivity contribution is 5.49. The van der Waals surface area contributed by atoms with Crippen molar-refractivity contribution in [2.75, 3.05) is 44.7 Å². The van der Waals surface area contributed by atoms with E-state index in [4.69, 9.17) is 4.74 Å². The largest absolute Gasteiger partial charge is 0.496 e. The molecule has 1 heterocycles. The van der Waals surface area contributed by atoms with Gasteiger partial charge in [0.2, 0.25) is 0 Å². The first-order chi connectivity index (χ1) is 15.0. The Morgan fingerprint density at radius 1 is 1.03 bits per heavy atom. The average Bonchev–Trinajstić information content (AvgIpc) is 2.79. The van der Waals surface area contributed by atoms with E-state index in [0.717, 1.165) is 57.4 Å². The zero-order valence-corrected chi connectivity index (χ0v) is 18.1. The van der Waals surface area contributed by atoms with Crippen molar-refractivity contribution in [3.8, 4) is 5.75 Å². The first-order valence-electron chi connectivity index (χ1n) is 11.3. The second kappa shape index (κ2) is 9.51. The number of anilines is 1. The number of benzene rings is 2. The van der Waals surface area contributed by atoms with Gasteiger partial charge in [0.15, 0.2) is 0 Å². The van der Waals surface area contributed by atoms with Gasteiger partial charge >= 0.3 is 6.18 Å². The third kappa shape index (κ3) is 5.17. The second-order valence-electron chi connectivity index (χ2n) is 8.64. The molecule has 0 bridgehead atoms. The molecule has 1 aliphatic heterocycles. The zero-order valence-electron chi connectivity index (χ0n) is 18.1. The van der Waals surface area contributed by atoms with E-state index < -0.39 is 11.7 Å². The number of rotatable bonds is 6. The van der Waals surface area contributed by atoms with Gasteiger partial charge in [0.1, 0.15) is 5.75 Å². The Bertz CT molecular complexity index is 875. The number of hydrogen-bond donors (Lipinski definition) is 0. The third-order valence-corrected chi connectivity index (χ3v) is 6.75. The quantitative estimate of drug-likeness (QED) is 0.579. The lowest BCUT2D eigenvalue weighted by atomic mass is 9.80. The molecule has 0 saturated carbocycles. The number of methoxy groups -OCH3 is 1. The second-order valence-corrected chi connectivity index (χ2v) is 8.64. The van der Waals surface area contributed by atoms with Gasteiger partial charge in [0.05, 0.1) is 12.7 Å². The summed E-state index contributed by atoms with van der Waals surface area (Å²) in [5.74, 6) is 1.62. The van der Waals surface area contributed by atoms with Crippen molar-refractivity contribution >= 4 is 5.69 Å². The molecule has 0 N–H and O–H groups in total. The first-order valence-corrected chi connectivity index (χ1v) is 11.3. The Morgan fingerprint density at radius 3 is 2.55 bits per heavy atom. The maximum absolute atomic E-state index is 13.0. The minimum Gasteiger partial charge on any atom is -0.496 e. The van der Waals surface area contributed by atoms with Crippen molar-refractivity contribution in [2.24, 2.45) is 0 Å². The van der Waals surface area contributed by atoms with Crippen LogP contribution in [0.25, 0.3) is 0 Å². The van der Waals surface area contributed by atoms with Gasteiger partial charge in [0, 0.05) is 31.9 Å². The standard InChI is InChI=1S/C25H31F3N2O/c1-31-24-12-4-10-22-19(6-2-11-23(22)24)7-5-13-29-14-16-30(17-15-29)21-9-3-8-20(18-21)25(26,27)28/h3-4,8-10,12,18-19H,2,5-7,11,13-17H2,1H3. The van der Waals surface area contributed by atoms with Gasteiger partial charge in [-0.05, 0) is 80.0 Å². The zero-order chi connectivity index (χ0) is 21.8. The molecule has 1 saturated heterocycles. The van der Waals surface area contributed by atoms with Crippen LogP contribution >= 0.6 is 0 Å². The molecular weight excluding hydrogens is 401 g/mol. The fraction of sp³-hybridized carbons (Fsp3) is 0.520. The minimum atomic E-state index is -4.29. The summed E-state index contributed by atoms with van der Waals surface area (Å²) in [7, 11) is 1.75. The van der Waals surface area contributed by atoms with Crippen LogP contribution < -0.4 is 9.64 Å². The lowest BCUT2D eigenvalue weighted by Crippen LogP contribution is -2.46. The topological polar surface area (TPSA) is 15.7 Å². The predicted octanol–water partition coefficient (Wildman–Crippen LogP) is 5.74. The maximum atomic E-state index is 13.0. The monoisotopic (exact) mass is 432 g/mol. The summed E-state index contributed by atoms with van der Waals surface area (Å²) in [6.07, 6.45) is 1.59. The fourth-order valence-electron chi connectivity index (χ4n) is 5.07. The number of ether oxygens (including phenoxy) is 1. The van der Waals surface area contributed by atoms with Crippen LogP contribution in [0.2, 0.25) is 0 Å². The van der Waals surface area contributed by atoms with E-state index in [1.54, 1.807) is 13.2 Å². The number of alkyl halides is 3. The Labute approximate surface area is 182 Å². The van der Waals surface area contributed by atoms with Crippen molar-refractivity contribution in [1.29, 1.82) is 0 Å². The number of halogens is 3. The average molecular weight is 433 g/mol. The summed E-state index contributed by atoms with van der Waals surface area (Å²) in [5, 5.41) is 0. The molecule has 0 spiro atoms. The van der Waals surface area contributed by atoms with Crippen molar-refractivity contribution < 1.29 is 17.9 Å². The molecule has 6 heteroatoms. The van der Waals surface area contributed by atoms with Gasteiger partial charge in [-0.2, -0.15) is 13.2 Å². The molecule has 31 heavy (non-hydrogen) atoms. The molecule has 4 rings (SSSR count). The van der Waals surface area contributed by atoms with Crippen molar-refractivity contribution in [1.82, 2.24) is 4.90 Å². The van der Waals surface area contributed by atoms with Crippen LogP contribution in [0.15, 0.2) is 42.5 Å². The number of fused-ring (bicyclic) bond motifs is 1. The van der Waals surface area contributed by atoms with E-state index in [-0.39, 0.29) is 0 Å². The predicted molar refractivity (Wildman–Crippen MR) is 118 cm³/mol. The highest BCUT2D eigenvalue weighted by atomic mass is 19.4. The van der Waals surface area contributed by atoms with E-state index in [2.05, 4.69) is 28.0 Å². The summed E-state index contributed by atoms with van der Waals surface area (Å²) in [4.78, 5) is 4.51. The van der Waals surface area contributed by atoms with Crippen molar-refractivity contribution in [3.63, 3.8) is 0 Å². The van der Waals surface area contributed by atoms with Crippen molar-refractivity contribution in [3.05, 3.63) is 59.2 Å². The van der Waals surface area contributed by atoms with Crippen LogP contribution in [0.3, 0.4) is 0 Å². The molecule has 1 fully saturated rings. The van der Waals surface area contributed by atoms with Crippen LogP contribution in [-0.4, -0.2) is 44.7 Å². The van der Waals surface area contributed by atoms with E-state index in [1.165, 1.54) is 42.5 Å². The molecule has 2 aromatic rings. The van der Waals surface area contributed by atoms with Crippen LogP contribution in [0, 0.1) is 0 Å². The summed E-state index contributed by atoms with van der Waals surface area (Å²) in [6, 6.07) is 12.1. The summed E-state index contributed by atoms with van der Waals surface area (Å²) < 4.78 is 44.5. The maximum Gasteiger partial charge on any atom is 0.416 e. The lowest BCUT2D eigenvalue weighted by molar-refractivity contribution is -0.137.